The van der Waals surface area contributed by atoms with Crippen LogP contribution in [0.15, 0.2) is 12.1 Å². The van der Waals surface area contributed by atoms with Gasteiger partial charge < -0.3 is 10.7 Å². The van der Waals surface area contributed by atoms with Crippen molar-refractivity contribution in [2.45, 2.75) is 45.3 Å². The van der Waals surface area contributed by atoms with Crippen molar-refractivity contribution in [1.82, 2.24) is 4.98 Å². The Labute approximate surface area is 122 Å². The molecular formula is C14H21F3N4. The normalized spacial score (nSPS) is 26.5. The van der Waals surface area contributed by atoms with Gasteiger partial charge in [0, 0.05) is 6.04 Å². The van der Waals surface area contributed by atoms with Crippen LogP contribution < -0.4 is 16.6 Å². The number of nitrogens with two attached hydrogens (primary N) is 1. The molecule has 3 unspecified atom stereocenters. The zero-order valence-corrected chi connectivity index (χ0v) is 12.2. The summed E-state index contributed by atoms with van der Waals surface area (Å²) in [5, 5.41) is 3.13. The Bertz CT molecular complexity index is 490. The largest absolute Gasteiger partial charge is 0.416 e. The van der Waals surface area contributed by atoms with Crippen molar-refractivity contribution in [1.29, 1.82) is 0 Å². The lowest BCUT2D eigenvalue weighted by Gasteiger charge is -2.33. The number of nitrogens with one attached hydrogen (secondary N) is 2. The van der Waals surface area contributed by atoms with Crippen LogP contribution in [0.2, 0.25) is 0 Å². The van der Waals surface area contributed by atoms with Crippen molar-refractivity contribution in [2.24, 2.45) is 17.7 Å². The maximum absolute atomic E-state index is 12.9. The highest BCUT2D eigenvalue weighted by molar-refractivity contribution is 5.49. The molecule has 4 nitrogen and oxygen atoms in total. The first kappa shape index (κ1) is 15.9. The minimum absolute atomic E-state index is 0.00385. The van der Waals surface area contributed by atoms with Crippen molar-refractivity contribution in [3.05, 3.63) is 17.7 Å². The van der Waals surface area contributed by atoms with E-state index >= 15 is 0 Å². The van der Waals surface area contributed by atoms with Gasteiger partial charge in [-0.15, -0.1) is 0 Å². The molecule has 1 aromatic rings. The first-order chi connectivity index (χ1) is 9.79. The van der Waals surface area contributed by atoms with Gasteiger partial charge in [-0.2, -0.15) is 13.2 Å². The van der Waals surface area contributed by atoms with E-state index < -0.39 is 11.7 Å². The summed E-state index contributed by atoms with van der Waals surface area (Å²) in [6.07, 6.45) is -1.34. The highest BCUT2D eigenvalue weighted by Crippen LogP contribution is 2.34. The topological polar surface area (TPSA) is 63.0 Å². The summed E-state index contributed by atoms with van der Waals surface area (Å²) in [6, 6.07) is 2.08. The summed E-state index contributed by atoms with van der Waals surface area (Å²) in [6.45, 7) is 4.31. The van der Waals surface area contributed by atoms with Gasteiger partial charge >= 0.3 is 6.18 Å². The lowest BCUT2D eigenvalue weighted by molar-refractivity contribution is -0.137. The average molecular weight is 302 g/mol. The SMILES string of the molecule is CC1CCC(Nc2cc(C(F)(F)F)cc(NN)n2)C(C)C1. The Balaban J connectivity index is 2.19. The van der Waals surface area contributed by atoms with Gasteiger partial charge in [-0.25, -0.2) is 10.8 Å². The Morgan fingerprint density at radius 2 is 1.86 bits per heavy atom. The Morgan fingerprint density at radius 3 is 2.43 bits per heavy atom. The van der Waals surface area contributed by atoms with Crippen molar-refractivity contribution >= 4 is 11.6 Å². The number of nitrogen functional groups attached to an aromatic ring is 1. The van der Waals surface area contributed by atoms with Crippen molar-refractivity contribution in [3.63, 3.8) is 0 Å². The molecule has 0 saturated heterocycles. The lowest BCUT2D eigenvalue weighted by Crippen LogP contribution is -2.33. The van der Waals surface area contributed by atoms with E-state index in [4.69, 9.17) is 5.84 Å². The van der Waals surface area contributed by atoms with Crippen molar-refractivity contribution < 1.29 is 13.2 Å². The average Bonchev–Trinajstić information content (AvgIpc) is 2.40. The third-order valence-electron chi connectivity index (χ3n) is 4.07. The van der Waals surface area contributed by atoms with Crippen LogP contribution in [0.1, 0.15) is 38.7 Å². The van der Waals surface area contributed by atoms with Gasteiger partial charge in [-0.1, -0.05) is 13.8 Å². The quantitative estimate of drug-likeness (QED) is 0.589. The summed E-state index contributed by atoms with van der Waals surface area (Å²) < 4.78 is 38.6. The van der Waals surface area contributed by atoms with Crippen LogP contribution in [0.5, 0.6) is 0 Å². The second-order valence-electron chi connectivity index (χ2n) is 5.91. The molecule has 1 aliphatic carbocycles. The number of hydrogen-bond acceptors (Lipinski definition) is 4. The molecule has 4 N–H and O–H groups in total. The monoisotopic (exact) mass is 302 g/mol. The zero-order valence-electron chi connectivity index (χ0n) is 12.2. The van der Waals surface area contributed by atoms with Crippen molar-refractivity contribution in [2.75, 3.05) is 10.7 Å². The van der Waals surface area contributed by atoms with E-state index in [0.29, 0.717) is 11.8 Å². The first-order valence-corrected chi connectivity index (χ1v) is 7.12. The molecule has 118 valence electrons. The summed E-state index contributed by atoms with van der Waals surface area (Å²) in [5.41, 5.74) is 1.42. The second kappa shape index (κ2) is 6.09. The smallest absolute Gasteiger partial charge is 0.367 e. The number of hydrazine groups is 1. The molecule has 0 bridgehead atoms. The molecule has 2 rings (SSSR count). The third kappa shape index (κ3) is 4.00. The highest BCUT2D eigenvalue weighted by atomic mass is 19.4. The van der Waals surface area contributed by atoms with Crippen molar-refractivity contribution in [3.8, 4) is 0 Å². The van der Waals surface area contributed by atoms with Gasteiger partial charge in [-0.3, -0.25) is 0 Å². The standard InChI is InChI=1S/C14H21F3N4/c1-8-3-4-11(9(2)5-8)19-12-6-10(14(15,16)17)7-13(20-12)21-18/h6-9,11H,3-5,18H2,1-2H3,(H2,19,20,21). The van der Waals surface area contributed by atoms with E-state index in [0.717, 1.165) is 31.4 Å². The van der Waals surface area contributed by atoms with Gasteiger partial charge in [0.2, 0.25) is 0 Å². The third-order valence-corrected chi connectivity index (χ3v) is 4.07. The number of rotatable bonds is 3. The fraction of sp³-hybridized carbons (Fsp3) is 0.643. The number of alkyl halides is 3. The van der Waals surface area contributed by atoms with Gasteiger partial charge in [0.1, 0.15) is 11.6 Å². The number of pyridine rings is 1. The number of hydrogen-bond donors (Lipinski definition) is 3. The molecule has 3 atom stereocenters. The summed E-state index contributed by atoms with van der Waals surface area (Å²) >= 11 is 0. The van der Waals surface area contributed by atoms with Crippen LogP contribution in [-0.2, 0) is 6.18 Å². The summed E-state index contributed by atoms with van der Waals surface area (Å²) in [7, 11) is 0. The maximum atomic E-state index is 12.9. The van der Waals surface area contributed by atoms with E-state index in [9.17, 15) is 13.2 Å². The van der Waals surface area contributed by atoms with E-state index in [-0.39, 0.29) is 17.7 Å². The van der Waals surface area contributed by atoms with Gasteiger partial charge in [0.15, 0.2) is 0 Å². The molecule has 1 fully saturated rings. The molecule has 0 radical (unpaired) electrons. The van der Waals surface area contributed by atoms with Gasteiger partial charge in [0.25, 0.3) is 0 Å². The molecule has 1 aromatic heterocycles. The molecule has 1 aliphatic rings. The molecule has 1 heterocycles. The van der Waals surface area contributed by atoms with Crippen LogP contribution in [0.4, 0.5) is 24.8 Å². The number of anilines is 2. The predicted molar refractivity (Wildman–Crippen MR) is 76.6 cm³/mol. The van der Waals surface area contributed by atoms with E-state index in [2.05, 4.69) is 29.6 Å². The number of aromatic nitrogens is 1. The summed E-state index contributed by atoms with van der Waals surface area (Å²) in [5.74, 6) is 6.48. The Kier molecular flexibility index (Phi) is 4.61. The molecular weight excluding hydrogens is 281 g/mol. The van der Waals surface area contributed by atoms with E-state index in [1.54, 1.807) is 0 Å². The molecule has 0 aliphatic heterocycles. The lowest BCUT2D eigenvalue weighted by atomic mass is 9.80. The molecule has 21 heavy (non-hydrogen) atoms. The Morgan fingerprint density at radius 1 is 1.19 bits per heavy atom. The zero-order chi connectivity index (χ0) is 15.6. The molecule has 1 saturated carbocycles. The van der Waals surface area contributed by atoms with Gasteiger partial charge in [-0.05, 0) is 43.2 Å². The van der Waals surface area contributed by atoms with Crippen LogP contribution >= 0.6 is 0 Å². The number of halogens is 3. The maximum Gasteiger partial charge on any atom is 0.416 e. The van der Waals surface area contributed by atoms with Crippen LogP contribution in [0, 0.1) is 11.8 Å². The molecule has 0 spiro atoms. The summed E-state index contributed by atoms with van der Waals surface area (Å²) in [4.78, 5) is 4.07. The van der Waals surface area contributed by atoms with Gasteiger partial charge in [0.05, 0.1) is 5.56 Å². The minimum Gasteiger partial charge on any atom is -0.367 e. The fourth-order valence-electron chi connectivity index (χ4n) is 2.91. The first-order valence-electron chi connectivity index (χ1n) is 7.12. The number of nitrogens with zero attached hydrogens (tertiary/aromatic N) is 1. The van der Waals surface area contributed by atoms with Crippen LogP contribution in [0.25, 0.3) is 0 Å². The fourth-order valence-corrected chi connectivity index (χ4v) is 2.91. The molecule has 7 heteroatoms. The Hall–Kier alpha value is -1.50. The highest BCUT2D eigenvalue weighted by Gasteiger charge is 2.32. The predicted octanol–water partition coefficient (Wildman–Crippen LogP) is 3.62. The van der Waals surface area contributed by atoms with Crippen LogP contribution in [0.3, 0.4) is 0 Å². The van der Waals surface area contributed by atoms with E-state index in [1.807, 2.05) is 0 Å². The molecule has 0 aromatic carbocycles. The second-order valence-corrected chi connectivity index (χ2v) is 5.91. The minimum atomic E-state index is -4.42. The van der Waals surface area contributed by atoms with E-state index in [1.165, 1.54) is 0 Å². The molecule has 0 amide bonds. The van der Waals surface area contributed by atoms with Crippen LogP contribution in [-0.4, -0.2) is 11.0 Å².